The summed E-state index contributed by atoms with van der Waals surface area (Å²) >= 11 is 0. The van der Waals surface area contributed by atoms with Crippen LogP contribution in [0.15, 0.2) is 24.3 Å². The minimum Gasteiger partial charge on any atom is -0.480 e. The standard InChI is InChI=1S/C14H17FN2O4/c1-16(7-9-4-2-3-5-11(9)15)14(21)17-8-10(18)6-12(17)13(19)20/h2-5,10,12,18H,6-8H2,1H3,(H,19,20). The Morgan fingerprint density at radius 1 is 1.43 bits per heavy atom. The van der Waals surface area contributed by atoms with Gasteiger partial charge >= 0.3 is 12.0 Å². The summed E-state index contributed by atoms with van der Waals surface area (Å²) in [6.07, 6.45) is -0.842. The molecular formula is C14H17FN2O4. The molecule has 0 radical (unpaired) electrons. The molecule has 6 nitrogen and oxygen atoms in total. The zero-order chi connectivity index (χ0) is 15.6. The van der Waals surface area contributed by atoms with Gasteiger partial charge in [-0.2, -0.15) is 0 Å². The number of carbonyl (C=O) groups is 2. The Labute approximate surface area is 121 Å². The summed E-state index contributed by atoms with van der Waals surface area (Å²) in [5.74, 6) is -1.58. The number of aliphatic hydroxyl groups excluding tert-OH is 1. The van der Waals surface area contributed by atoms with Gasteiger partial charge in [-0.25, -0.2) is 14.0 Å². The number of carboxylic acid groups (broad SMARTS) is 1. The molecule has 1 aliphatic rings. The molecule has 0 spiro atoms. The topological polar surface area (TPSA) is 81.1 Å². The van der Waals surface area contributed by atoms with Crippen LogP contribution in [0.3, 0.4) is 0 Å². The molecule has 0 aliphatic carbocycles. The molecule has 1 fully saturated rings. The molecule has 1 aliphatic heterocycles. The second-order valence-electron chi connectivity index (χ2n) is 5.13. The number of urea groups is 1. The largest absolute Gasteiger partial charge is 0.480 e. The van der Waals surface area contributed by atoms with Crippen molar-refractivity contribution in [2.45, 2.75) is 25.1 Å². The number of aliphatic hydroxyl groups is 1. The second kappa shape index (κ2) is 6.09. The van der Waals surface area contributed by atoms with Crippen molar-refractivity contribution in [3.05, 3.63) is 35.6 Å². The number of carbonyl (C=O) groups excluding carboxylic acids is 1. The van der Waals surface area contributed by atoms with Crippen LogP contribution < -0.4 is 0 Å². The van der Waals surface area contributed by atoms with Gasteiger partial charge in [-0.05, 0) is 6.07 Å². The lowest BCUT2D eigenvalue weighted by Gasteiger charge is -2.27. The molecule has 0 saturated carbocycles. The Bertz CT molecular complexity index is 552. The smallest absolute Gasteiger partial charge is 0.326 e. The predicted molar refractivity (Wildman–Crippen MR) is 72.0 cm³/mol. The van der Waals surface area contributed by atoms with E-state index in [0.717, 1.165) is 4.90 Å². The number of amides is 2. The lowest BCUT2D eigenvalue weighted by atomic mass is 10.2. The van der Waals surface area contributed by atoms with Crippen molar-refractivity contribution >= 4 is 12.0 Å². The van der Waals surface area contributed by atoms with Crippen LogP contribution in [0.25, 0.3) is 0 Å². The van der Waals surface area contributed by atoms with Crippen molar-refractivity contribution in [2.75, 3.05) is 13.6 Å². The van der Waals surface area contributed by atoms with Crippen LogP contribution >= 0.6 is 0 Å². The molecule has 1 heterocycles. The first-order valence-corrected chi connectivity index (χ1v) is 6.56. The van der Waals surface area contributed by atoms with Gasteiger partial charge in [0.2, 0.25) is 0 Å². The zero-order valence-corrected chi connectivity index (χ0v) is 11.6. The van der Waals surface area contributed by atoms with E-state index in [0.29, 0.717) is 5.56 Å². The summed E-state index contributed by atoms with van der Waals surface area (Å²) < 4.78 is 13.6. The first-order valence-electron chi connectivity index (χ1n) is 6.56. The van der Waals surface area contributed by atoms with E-state index >= 15 is 0 Å². The van der Waals surface area contributed by atoms with Crippen molar-refractivity contribution in [1.29, 1.82) is 0 Å². The Hall–Kier alpha value is -2.15. The number of likely N-dealkylation sites (tertiary alicyclic amines) is 1. The summed E-state index contributed by atoms with van der Waals surface area (Å²) in [4.78, 5) is 25.7. The fourth-order valence-electron chi connectivity index (χ4n) is 2.43. The van der Waals surface area contributed by atoms with Crippen LogP contribution in [-0.2, 0) is 11.3 Å². The maximum atomic E-state index is 13.6. The van der Waals surface area contributed by atoms with E-state index in [1.807, 2.05) is 0 Å². The quantitative estimate of drug-likeness (QED) is 0.868. The molecule has 7 heteroatoms. The molecule has 21 heavy (non-hydrogen) atoms. The van der Waals surface area contributed by atoms with Gasteiger partial charge in [-0.15, -0.1) is 0 Å². The van der Waals surface area contributed by atoms with Gasteiger partial charge in [0.05, 0.1) is 6.10 Å². The number of carboxylic acids is 1. The number of nitrogens with zero attached hydrogens (tertiary/aromatic N) is 2. The highest BCUT2D eigenvalue weighted by atomic mass is 19.1. The third kappa shape index (κ3) is 3.30. The van der Waals surface area contributed by atoms with E-state index in [-0.39, 0.29) is 19.5 Å². The molecule has 114 valence electrons. The van der Waals surface area contributed by atoms with Gasteiger partial charge in [0.15, 0.2) is 0 Å². The van der Waals surface area contributed by atoms with E-state index in [1.165, 1.54) is 18.0 Å². The van der Waals surface area contributed by atoms with Crippen LogP contribution in [0.4, 0.5) is 9.18 Å². The molecule has 1 aromatic rings. The van der Waals surface area contributed by atoms with E-state index in [1.54, 1.807) is 18.2 Å². The third-order valence-corrected chi connectivity index (χ3v) is 3.50. The minimum atomic E-state index is -1.15. The van der Waals surface area contributed by atoms with Crippen molar-refractivity contribution in [1.82, 2.24) is 9.80 Å². The number of aliphatic carboxylic acids is 1. The molecule has 2 amide bonds. The van der Waals surface area contributed by atoms with Gasteiger partial charge in [0.25, 0.3) is 0 Å². The first-order chi connectivity index (χ1) is 9.90. The summed E-state index contributed by atoms with van der Waals surface area (Å²) in [5.41, 5.74) is 0.347. The highest BCUT2D eigenvalue weighted by Gasteiger charge is 2.40. The van der Waals surface area contributed by atoms with Gasteiger partial charge in [0, 0.05) is 32.1 Å². The van der Waals surface area contributed by atoms with Crippen LogP contribution in [0.2, 0.25) is 0 Å². The summed E-state index contributed by atoms with van der Waals surface area (Å²) in [5, 5.41) is 18.6. The Balaban J connectivity index is 2.08. The minimum absolute atomic E-state index is 0.00854. The van der Waals surface area contributed by atoms with Crippen LogP contribution in [-0.4, -0.2) is 57.8 Å². The number of β-amino-alcohol motifs (C(OH)–C–C–N with tert-alkyl or cyclic N) is 1. The predicted octanol–water partition coefficient (Wildman–Crippen LogP) is 0.897. The maximum absolute atomic E-state index is 13.6. The number of rotatable bonds is 3. The Kier molecular flexibility index (Phi) is 4.42. The summed E-state index contributed by atoms with van der Waals surface area (Å²) in [6.45, 7) is 0.00184. The molecule has 2 atom stereocenters. The second-order valence-corrected chi connectivity index (χ2v) is 5.13. The lowest BCUT2D eigenvalue weighted by molar-refractivity contribution is -0.141. The van der Waals surface area contributed by atoms with Crippen LogP contribution in [0, 0.1) is 5.82 Å². The molecule has 0 bridgehead atoms. The summed E-state index contributed by atoms with van der Waals surface area (Å²) in [7, 11) is 1.47. The number of halogens is 1. The SMILES string of the molecule is CN(Cc1ccccc1F)C(=O)N1CC(O)CC1C(=O)O. The molecule has 0 aromatic heterocycles. The fourth-order valence-corrected chi connectivity index (χ4v) is 2.43. The Morgan fingerprint density at radius 2 is 2.10 bits per heavy atom. The Morgan fingerprint density at radius 3 is 2.71 bits per heavy atom. The van der Waals surface area contributed by atoms with Gasteiger partial charge < -0.3 is 20.0 Å². The normalized spacial score (nSPS) is 21.4. The maximum Gasteiger partial charge on any atom is 0.326 e. The van der Waals surface area contributed by atoms with Crippen LogP contribution in [0.1, 0.15) is 12.0 Å². The molecule has 2 unspecified atom stereocenters. The van der Waals surface area contributed by atoms with E-state index in [9.17, 15) is 19.1 Å². The molecule has 2 rings (SSSR count). The van der Waals surface area contributed by atoms with Gasteiger partial charge in [-0.3, -0.25) is 0 Å². The highest BCUT2D eigenvalue weighted by molar-refractivity contribution is 5.83. The highest BCUT2D eigenvalue weighted by Crippen LogP contribution is 2.20. The van der Waals surface area contributed by atoms with Crippen LogP contribution in [0.5, 0.6) is 0 Å². The van der Waals surface area contributed by atoms with Gasteiger partial charge in [-0.1, -0.05) is 18.2 Å². The van der Waals surface area contributed by atoms with Gasteiger partial charge in [0.1, 0.15) is 11.9 Å². The average molecular weight is 296 g/mol. The number of hydrogen-bond acceptors (Lipinski definition) is 3. The molecule has 1 saturated heterocycles. The summed E-state index contributed by atoms with van der Waals surface area (Å²) in [6, 6.07) is 4.49. The number of benzene rings is 1. The van der Waals surface area contributed by atoms with Crippen molar-refractivity contribution < 1.29 is 24.2 Å². The first kappa shape index (κ1) is 15.2. The van der Waals surface area contributed by atoms with Crippen molar-refractivity contribution in [3.63, 3.8) is 0 Å². The fraction of sp³-hybridized carbons (Fsp3) is 0.429. The van der Waals surface area contributed by atoms with E-state index < -0.39 is 30.0 Å². The third-order valence-electron chi connectivity index (χ3n) is 3.50. The monoisotopic (exact) mass is 296 g/mol. The lowest BCUT2D eigenvalue weighted by Crippen LogP contribution is -2.46. The number of hydrogen-bond donors (Lipinski definition) is 2. The molecule has 1 aromatic carbocycles. The molecular weight excluding hydrogens is 279 g/mol. The van der Waals surface area contributed by atoms with E-state index in [4.69, 9.17) is 5.11 Å². The van der Waals surface area contributed by atoms with Crippen molar-refractivity contribution in [2.24, 2.45) is 0 Å². The van der Waals surface area contributed by atoms with Crippen molar-refractivity contribution in [3.8, 4) is 0 Å². The van der Waals surface area contributed by atoms with E-state index in [2.05, 4.69) is 0 Å². The average Bonchev–Trinajstić information content (AvgIpc) is 2.82. The zero-order valence-electron chi connectivity index (χ0n) is 11.6. The molecule has 2 N–H and O–H groups in total.